The molecule has 118 valence electrons. The molecule has 1 amide bonds. The Morgan fingerprint density at radius 1 is 1.32 bits per heavy atom. The molecule has 0 aliphatic carbocycles. The number of anilines is 1. The smallest absolute Gasteiger partial charge is 0.293 e. The van der Waals surface area contributed by atoms with E-state index in [2.05, 4.69) is 24.5 Å². The number of fused-ring (bicyclic) bond motifs is 1. The lowest BCUT2D eigenvalue weighted by atomic mass is 10.1. The highest BCUT2D eigenvalue weighted by Gasteiger charge is 2.10. The van der Waals surface area contributed by atoms with Gasteiger partial charge in [0.25, 0.3) is 11.5 Å². The Balaban J connectivity index is 2.42. The third-order valence-corrected chi connectivity index (χ3v) is 3.28. The maximum absolute atomic E-state index is 12.2. The minimum absolute atomic E-state index is 0.167. The number of aromatic nitrogens is 1. The average Bonchev–Trinajstić information content (AvgIpc) is 2.48. The van der Waals surface area contributed by atoms with Crippen LogP contribution >= 0.6 is 0 Å². The molecule has 0 fully saturated rings. The van der Waals surface area contributed by atoms with Crippen molar-refractivity contribution >= 4 is 22.5 Å². The maximum atomic E-state index is 12.2. The highest BCUT2D eigenvalue weighted by Crippen LogP contribution is 2.21. The van der Waals surface area contributed by atoms with Crippen LogP contribution in [0.1, 0.15) is 13.8 Å². The summed E-state index contributed by atoms with van der Waals surface area (Å²) in [6.45, 7) is 3.94. The molecule has 0 spiro atoms. The third kappa shape index (κ3) is 3.39. The monoisotopic (exact) mass is 303 g/mol. The quantitative estimate of drug-likeness (QED) is 0.877. The van der Waals surface area contributed by atoms with Crippen LogP contribution in [0, 0.1) is 0 Å². The van der Waals surface area contributed by atoms with E-state index in [1.165, 1.54) is 11.6 Å². The summed E-state index contributed by atoms with van der Waals surface area (Å²) in [6.07, 6.45) is 0. The number of rotatable bonds is 5. The van der Waals surface area contributed by atoms with Gasteiger partial charge in [0.1, 0.15) is 0 Å². The van der Waals surface area contributed by atoms with Crippen LogP contribution in [0.5, 0.6) is 5.75 Å². The topological polar surface area (TPSA) is 72.4 Å². The van der Waals surface area contributed by atoms with Gasteiger partial charge in [-0.05, 0) is 38.1 Å². The molecule has 1 heterocycles. The van der Waals surface area contributed by atoms with Crippen molar-refractivity contribution in [3.63, 3.8) is 0 Å². The van der Waals surface area contributed by atoms with Crippen molar-refractivity contribution in [2.45, 2.75) is 19.9 Å². The summed E-state index contributed by atoms with van der Waals surface area (Å²) in [7, 11) is 3.21. The van der Waals surface area contributed by atoms with Gasteiger partial charge in [0, 0.05) is 31.2 Å². The summed E-state index contributed by atoms with van der Waals surface area (Å²) in [5.41, 5.74) is 1.52. The summed E-state index contributed by atoms with van der Waals surface area (Å²) in [4.78, 5) is 23.5. The SMILES string of the molecule is CNC(=O)COc1cc2cc(NC(C)C)ccc2n(C)c1=O. The molecule has 0 aliphatic heterocycles. The van der Waals surface area contributed by atoms with Gasteiger partial charge >= 0.3 is 0 Å². The Labute approximate surface area is 129 Å². The number of pyridine rings is 1. The highest BCUT2D eigenvalue weighted by atomic mass is 16.5. The summed E-state index contributed by atoms with van der Waals surface area (Å²) in [5.74, 6) is -0.113. The molecule has 2 N–H and O–H groups in total. The zero-order valence-corrected chi connectivity index (χ0v) is 13.3. The first kappa shape index (κ1) is 15.9. The third-order valence-electron chi connectivity index (χ3n) is 3.28. The van der Waals surface area contributed by atoms with Crippen molar-refractivity contribution in [2.75, 3.05) is 19.0 Å². The van der Waals surface area contributed by atoms with Gasteiger partial charge in [0.15, 0.2) is 12.4 Å². The first-order valence-electron chi connectivity index (χ1n) is 7.16. The van der Waals surface area contributed by atoms with Crippen LogP contribution in [-0.4, -0.2) is 30.2 Å². The Morgan fingerprint density at radius 3 is 2.68 bits per heavy atom. The van der Waals surface area contributed by atoms with E-state index in [0.717, 1.165) is 16.6 Å². The van der Waals surface area contributed by atoms with Crippen molar-refractivity contribution in [2.24, 2.45) is 7.05 Å². The van der Waals surface area contributed by atoms with E-state index < -0.39 is 0 Å². The minimum atomic E-state index is -0.280. The second-order valence-electron chi connectivity index (χ2n) is 5.41. The van der Waals surface area contributed by atoms with Crippen molar-refractivity contribution in [3.8, 4) is 5.75 Å². The molecule has 0 saturated carbocycles. The van der Waals surface area contributed by atoms with Gasteiger partial charge < -0.3 is 19.9 Å². The van der Waals surface area contributed by atoms with Crippen molar-refractivity contribution in [1.29, 1.82) is 0 Å². The van der Waals surface area contributed by atoms with E-state index in [1.807, 2.05) is 18.2 Å². The van der Waals surface area contributed by atoms with E-state index in [0.29, 0.717) is 6.04 Å². The van der Waals surface area contributed by atoms with Crippen LogP contribution in [0.4, 0.5) is 5.69 Å². The maximum Gasteiger partial charge on any atom is 0.293 e. The molecule has 1 aromatic heterocycles. The lowest BCUT2D eigenvalue weighted by Gasteiger charge is -2.13. The zero-order valence-electron chi connectivity index (χ0n) is 13.3. The predicted molar refractivity (Wildman–Crippen MR) is 87.5 cm³/mol. The van der Waals surface area contributed by atoms with Crippen molar-refractivity contribution < 1.29 is 9.53 Å². The van der Waals surface area contributed by atoms with Crippen LogP contribution in [-0.2, 0) is 11.8 Å². The van der Waals surface area contributed by atoms with Gasteiger partial charge in [-0.25, -0.2) is 0 Å². The number of nitrogens with zero attached hydrogens (tertiary/aromatic N) is 1. The predicted octanol–water partition coefficient (Wildman–Crippen LogP) is 1.48. The molecule has 6 nitrogen and oxygen atoms in total. The number of amides is 1. The molecule has 22 heavy (non-hydrogen) atoms. The number of ether oxygens (including phenoxy) is 1. The van der Waals surface area contributed by atoms with Crippen LogP contribution in [0.25, 0.3) is 10.9 Å². The molecule has 6 heteroatoms. The largest absolute Gasteiger partial charge is 0.478 e. The van der Waals surface area contributed by atoms with E-state index in [9.17, 15) is 9.59 Å². The Kier molecular flexibility index (Phi) is 4.70. The van der Waals surface area contributed by atoms with E-state index in [4.69, 9.17) is 4.74 Å². The van der Waals surface area contributed by atoms with Crippen LogP contribution in [0.3, 0.4) is 0 Å². The number of nitrogens with one attached hydrogen (secondary N) is 2. The summed E-state index contributed by atoms with van der Waals surface area (Å²) in [5, 5.41) is 6.65. The molecule has 0 bridgehead atoms. The molecule has 2 aromatic rings. The van der Waals surface area contributed by atoms with E-state index in [1.54, 1.807) is 13.1 Å². The molecule has 1 aromatic carbocycles. The van der Waals surface area contributed by atoms with Gasteiger partial charge in [0.05, 0.1) is 5.52 Å². The molecule has 2 rings (SSSR count). The van der Waals surface area contributed by atoms with Crippen LogP contribution < -0.4 is 20.9 Å². The fraction of sp³-hybridized carbons (Fsp3) is 0.375. The molecule has 0 atom stereocenters. The molecule has 0 unspecified atom stereocenters. The van der Waals surface area contributed by atoms with Gasteiger partial charge in [-0.15, -0.1) is 0 Å². The Hall–Kier alpha value is -2.50. The van der Waals surface area contributed by atoms with Gasteiger partial charge in [0.2, 0.25) is 0 Å². The molecular weight excluding hydrogens is 282 g/mol. The fourth-order valence-corrected chi connectivity index (χ4v) is 2.20. The van der Waals surface area contributed by atoms with E-state index in [-0.39, 0.29) is 23.8 Å². The highest BCUT2D eigenvalue weighted by molar-refractivity contribution is 5.84. The Bertz CT molecular complexity index is 750. The van der Waals surface area contributed by atoms with Crippen LogP contribution in [0.2, 0.25) is 0 Å². The van der Waals surface area contributed by atoms with E-state index >= 15 is 0 Å². The number of hydrogen-bond acceptors (Lipinski definition) is 4. The van der Waals surface area contributed by atoms with Gasteiger partial charge in [-0.1, -0.05) is 0 Å². The lowest BCUT2D eigenvalue weighted by molar-refractivity contribution is -0.122. The normalized spacial score (nSPS) is 10.8. The van der Waals surface area contributed by atoms with Crippen LogP contribution in [0.15, 0.2) is 29.1 Å². The lowest BCUT2D eigenvalue weighted by Crippen LogP contribution is -2.27. The van der Waals surface area contributed by atoms with Gasteiger partial charge in [-0.3, -0.25) is 9.59 Å². The Morgan fingerprint density at radius 2 is 2.05 bits per heavy atom. The molecule has 0 saturated heterocycles. The second kappa shape index (κ2) is 6.51. The first-order valence-corrected chi connectivity index (χ1v) is 7.16. The molecular formula is C16H21N3O3. The van der Waals surface area contributed by atoms with Gasteiger partial charge in [-0.2, -0.15) is 0 Å². The van der Waals surface area contributed by atoms with Crippen molar-refractivity contribution in [1.82, 2.24) is 9.88 Å². The zero-order chi connectivity index (χ0) is 16.3. The molecule has 0 radical (unpaired) electrons. The number of aryl methyl sites for hydroxylation is 1. The number of carbonyl (C=O) groups is 1. The number of hydrogen-bond donors (Lipinski definition) is 2. The first-order chi connectivity index (χ1) is 10.4. The average molecular weight is 303 g/mol. The number of likely N-dealkylation sites (N-methyl/N-ethyl adjacent to an activating group) is 1. The summed E-state index contributed by atoms with van der Waals surface area (Å²) < 4.78 is 6.86. The molecule has 0 aliphatic rings. The fourth-order valence-electron chi connectivity index (χ4n) is 2.20. The standard InChI is InChI=1S/C16H21N3O3/c1-10(2)18-12-5-6-13-11(7-12)8-14(16(21)19(13)4)22-9-15(20)17-3/h5-8,10,18H,9H2,1-4H3,(H,17,20). The second-order valence-corrected chi connectivity index (χ2v) is 5.41. The number of carbonyl (C=O) groups excluding carboxylic acids is 1. The number of benzene rings is 1. The summed E-state index contributed by atoms with van der Waals surface area (Å²) >= 11 is 0. The van der Waals surface area contributed by atoms with Crippen molar-refractivity contribution in [3.05, 3.63) is 34.6 Å². The summed E-state index contributed by atoms with van der Waals surface area (Å²) in [6, 6.07) is 7.78. The minimum Gasteiger partial charge on any atom is -0.478 e.